The number of benzene rings is 1. The van der Waals surface area contributed by atoms with Crippen molar-refractivity contribution >= 4 is 11.6 Å². The molecule has 8 nitrogen and oxygen atoms in total. The molecule has 0 aliphatic heterocycles. The van der Waals surface area contributed by atoms with Crippen LogP contribution in [-0.4, -0.2) is 21.0 Å². The van der Waals surface area contributed by atoms with Crippen LogP contribution in [0.3, 0.4) is 0 Å². The Hall–Kier alpha value is -2.98. The summed E-state index contributed by atoms with van der Waals surface area (Å²) in [4.78, 5) is 21.8. The van der Waals surface area contributed by atoms with Gasteiger partial charge < -0.3 is 9.73 Å². The molecule has 0 aliphatic rings. The Morgan fingerprint density at radius 2 is 1.92 bits per heavy atom. The topological polar surface area (TPSA) is 111 Å². The van der Waals surface area contributed by atoms with Crippen molar-refractivity contribution in [2.24, 2.45) is 5.92 Å². The Bertz CT molecular complexity index is 854. The molecule has 1 N–H and O–H groups in total. The van der Waals surface area contributed by atoms with Crippen LogP contribution in [0.1, 0.15) is 48.4 Å². The summed E-state index contributed by atoms with van der Waals surface area (Å²) in [6.07, 6.45) is 0.320. The minimum Gasteiger partial charge on any atom is -0.423 e. The van der Waals surface area contributed by atoms with Crippen LogP contribution < -0.4 is 5.32 Å². The molecule has 1 aromatic heterocycles. The van der Waals surface area contributed by atoms with Crippen molar-refractivity contribution in [3.05, 3.63) is 51.0 Å². The first kappa shape index (κ1) is 19.3. The molecule has 26 heavy (non-hydrogen) atoms. The number of hydrogen-bond donors (Lipinski definition) is 1. The number of aromatic nitrogens is 2. The van der Waals surface area contributed by atoms with E-state index in [0.29, 0.717) is 12.5 Å². The normalized spacial score (nSPS) is 12.3. The molecule has 0 aliphatic carbocycles. The fourth-order valence-corrected chi connectivity index (χ4v) is 2.27. The van der Waals surface area contributed by atoms with Crippen molar-refractivity contribution in [1.29, 1.82) is 0 Å². The summed E-state index contributed by atoms with van der Waals surface area (Å²) >= 11 is 0. The van der Waals surface area contributed by atoms with Crippen molar-refractivity contribution in [2.75, 3.05) is 0 Å². The number of amides is 1. The Morgan fingerprint density at radius 1 is 1.27 bits per heavy atom. The van der Waals surface area contributed by atoms with E-state index in [1.165, 1.54) is 6.92 Å². The van der Waals surface area contributed by atoms with Gasteiger partial charge in [0.25, 0.3) is 5.91 Å². The zero-order valence-corrected chi connectivity index (χ0v) is 14.0. The number of nitro benzene ring substituents is 1. The van der Waals surface area contributed by atoms with Crippen LogP contribution in [0.5, 0.6) is 0 Å². The first-order valence-corrected chi connectivity index (χ1v) is 7.54. The number of hydrogen-bond acceptors (Lipinski definition) is 6. The van der Waals surface area contributed by atoms with Gasteiger partial charge in [0.2, 0.25) is 23.4 Å². The highest BCUT2D eigenvalue weighted by Crippen LogP contribution is 2.27. The molecule has 1 amide bonds. The lowest BCUT2D eigenvalue weighted by Gasteiger charge is -2.17. The SMILES string of the molecule is Cc1nnc(C(CC(C)C)NC(=O)c2cc([N+](=O)[O-])c(F)c(F)c2F)o1. The van der Waals surface area contributed by atoms with Crippen molar-refractivity contribution < 1.29 is 27.3 Å². The van der Waals surface area contributed by atoms with Gasteiger partial charge in [-0.25, -0.2) is 8.78 Å². The maximum absolute atomic E-state index is 13.9. The minimum atomic E-state index is -2.10. The van der Waals surface area contributed by atoms with Gasteiger partial charge in [-0.2, -0.15) is 4.39 Å². The Morgan fingerprint density at radius 3 is 2.42 bits per heavy atom. The Labute approximate surface area is 145 Å². The van der Waals surface area contributed by atoms with E-state index in [4.69, 9.17) is 4.42 Å². The van der Waals surface area contributed by atoms with Crippen LogP contribution in [0.4, 0.5) is 18.9 Å². The Balaban J connectivity index is 2.39. The summed E-state index contributed by atoms with van der Waals surface area (Å²) in [7, 11) is 0. The number of nitro groups is 1. The second kappa shape index (κ2) is 7.50. The number of nitrogens with one attached hydrogen (secondary N) is 1. The molecular weight excluding hydrogens is 357 g/mol. The second-order valence-electron chi connectivity index (χ2n) is 5.96. The van der Waals surface area contributed by atoms with Crippen LogP contribution in [0.15, 0.2) is 10.5 Å². The van der Waals surface area contributed by atoms with E-state index in [1.54, 1.807) is 0 Å². The summed E-state index contributed by atoms with van der Waals surface area (Å²) in [6.45, 7) is 5.21. The van der Waals surface area contributed by atoms with Crippen LogP contribution in [0.2, 0.25) is 0 Å². The van der Waals surface area contributed by atoms with Crippen molar-refractivity contribution in [2.45, 2.75) is 33.2 Å². The molecule has 0 saturated heterocycles. The zero-order valence-electron chi connectivity index (χ0n) is 14.0. The fraction of sp³-hybridized carbons (Fsp3) is 0.400. The standard InChI is InChI=1S/C15H15F3N4O4/c1-6(2)4-9(15-21-20-7(3)26-15)19-14(23)8-5-10(22(24)25)12(17)13(18)11(8)16/h5-6,9H,4H2,1-3H3,(H,19,23). The third-order valence-electron chi connectivity index (χ3n) is 3.42. The molecule has 1 unspecified atom stereocenters. The lowest BCUT2D eigenvalue weighted by atomic mass is 10.0. The average molecular weight is 372 g/mol. The van der Waals surface area contributed by atoms with Crippen molar-refractivity contribution in [3.63, 3.8) is 0 Å². The predicted octanol–water partition coefficient (Wildman–Crippen LogP) is 3.22. The highest BCUT2D eigenvalue weighted by molar-refractivity contribution is 5.95. The third kappa shape index (κ3) is 3.98. The molecule has 1 heterocycles. The number of nitrogens with zero attached hydrogens (tertiary/aromatic N) is 3. The zero-order chi connectivity index (χ0) is 19.6. The van der Waals surface area contributed by atoms with Gasteiger partial charge in [0.1, 0.15) is 6.04 Å². The molecule has 0 fully saturated rings. The summed E-state index contributed by atoms with van der Waals surface area (Å²) in [5.41, 5.74) is -2.34. The summed E-state index contributed by atoms with van der Waals surface area (Å²) < 4.78 is 46.2. The van der Waals surface area contributed by atoms with Crippen LogP contribution >= 0.6 is 0 Å². The van der Waals surface area contributed by atoms with Gasteiger partial charge in [-0.05, 0) is 12.3 Å². The van der Waals surface area contributed by atoms with Crippen LogP contribution in [-0.2, 0) is 0 Å². The van der Waals surface area contributed by atoms with Crippen LogP contribution in [0.25, 0.3) is 0 Å². The van der Waals surface area contributed by atoms with E-state index in [1.807, 2.05) is 13.8 Å². The monoisotopic (exact) mass is 372 g/mol. The molecule has 0 saturated carbocycles. The van der Waals surface area contributed by atoms with Gasteiger partial charge in [-0.15, -0.1) is 10.2 Å². The largest absolute Gasteiger partial charge is 0.423 e. The fourth-order valence-electron chi connectivity index (χ4n) is 2.27. The quantitative estimate of drug-likeness (QED) is 0.473. The number of carbonyl (C=O) groups is 1. The molecule has 1 atom stereocenters. The van der Waals surface area contributed by atoms with E-state index in [-0.39, 0.29) is 17.7 Å². The lowest BCUT2D eigenvalue weighted by Crippen LogP contribution is -2.31. The van der Waals surface area contributed by atoms with E-state index < -0.39 is 45.6 Å². The first-order valence-electron chi connectivity index (χ1n) is 7.54. The molecule has 11 heteroatoms. The van der Waals surface area contributed by atoms with Gasteiger partial charge in [-0.3, -0.25) is 14.9 Å². The summed E-state index contributed by atoms with van der Waals surface area (Å²) in [6, 6.07) is -0.496. The second-order valence-corrected chi connectivity index (χ2v) is 5.96. The third-order valence-corrected chi connectivity index (χ3v) is 3.42. The average Bonchev–Trinajstić information content (AvgIpc) is 2.97. The molecule has 1 aromatic carbocycles. The van der Waals surface area contributed by atoms with Crippen molar-refractivity contribution in [1.82, 2.24) is 15.5 Å². The van der Waals surface area contributed by atoms with E-state index in [0.717, 1.165) is 0 Å². The highest BCUT2D eigenvalue weighted by Gasteiger charge is 2.30. The maximum Gasteiger partial charge on any atom is 0.308 e. The maximum atomic E-state index is 13.9. The van der Waals surface area contributed by atoms with Gasteiger partial charge in [0.15, 0.2) is 5.82 Å². The number of aryl methyl sites for hydroxylation is 1. The van der Waals surface area contributed by atoms with Gasteiger partial charge >= 0.3 is 5.69 Å². The minimum absolute atomic E-state index is 0.0436. The highest BCUT2D eigenvalue weighted by atomic mass is 19.2. The van der Waals surface area contributed by atoms with E-state index in [9.17, 15) is 28.1 Å². The van der Waals surface area contributed by atoms with Crippen molar-refractivity contribution in [3.8, 4) is 0 Å². The van der Waals surface area contributed by atoms with Gasteiger partial charge in [0, 0.05) is 13.0 Å². The molecule has 0 spiro atoms. The van der Waals surface area contributed by atoms with E-state index >= 15 is 0 Å². The molecular formula is C15H15F3N4O4. The van der Waals surface area contributed by atoms with Gasteiger partial charge in [0.05, 0.1) is 10.5 Å². The molecule has 2 aromatic rings. The number of halogens is 3. The Kier molecular flexibility index (Phi) is 5.58. The summed E-state index contributed by atoms with van der Waals surface area (Å²) in [5, 5.41) is 20.5. The summed E-state index contributed by atoms with van der Waals surface area (Å²) in [5.74, 6) is -6.74. The molecule has 0 radical (unpaired) electrons. The van der Waals surface area contributed by atoms with Gasteiger partial charge in [-0.1, -0.05) is 13.8 Å². The van der Waals surface area contributed by atoms with Crippen LogP contribution in [0, 0.1) is 40.4 Å². The molecule has 0 bridgehead atoms. The number of rotatable bonds is 6. The molecule has 2 rings (SSSR count). The predicted molar refractivity (Wildman–Crippen MR) is 81.7 cm³/mol. The first-order chi connectivity index (χ1) is 12.1. The smallest absolute Gasteiger partial charge is 0.308 e. The lowest BCUT2D eigenvalue weighted by molar-refractivity contribution is -0.387. The van der Waals surface area contributed by atoms with E-state index in [2.05, 4.69) is 15.5 Å². The number of carbonyl (C=O) groups excluding carboxylic acids is 1. The molecule has 140 valence electrons.